The molecular weight excluding hydrogens is 190 g/mol. The van der Waals surface area contributed by atoms with Gasteiger partial charge in [-0.3, -0.25) is 0 Å². The molecule has 0 fully saturated rings. The van der Waals surface area contributed by atoms with Gasteiger partial charge in [-0.25, -0.2) is 0 Å². The molecule has 1 aliphatic heterocycles. The first-order chi connectivity index (χ1) is 7.40. The molecule has 2 rings (SSSR count). The van der Waals surface area contributed by atoms with Gasteiger partial charge in [0.2, 0.25) is 0 Å². The fourth-order valence-electron chi connectivity index (χ4n) is 1.54. The number of fused-ring (bicyclic) bond motifs is 1. The van der Waals surface area contributed by atoms with Crippen LogP contribution in [0.5, 0.6) is 5.75 Å². The molecule has 0 unspecified atom stereocenters. The summed E-state index contributed by atoms with van der Waals surface area (Å²) < 4.78 is 11.1. The maximum Gasteiger partial charge on any atom is 0.143 e. The average molecular weight is 205 g/mol. The molecule has 3 nitrogen and oxygen atoms in total. The minimum Gasteiger partial charge on any atom is -0.484 e. The second-order valence-electron chi connectivity index (χ2n) is 3.44. The minimum absolute atomic E-state index is 0.0832. The first-order valence-electron chi connectivity index (χ1n) is 5.08. The van der Waals surface area contributed by atoms with Gasteiger partial charge in [-0.05, 0) is 12.1 Å². The van der Waals surface area contributed by atoms with Crippen LogP contribution in [0.3, 0.4) is 0 Å². The molecule has 1 N–H and O–H groups in total. The first kappa shape index (κ1) is 10.1. The zero-order chi connectivity index (χ0) is 10.5. The summed E-state index contributed by atoms with van der Waals surface area (Å²) in [4.78, 5) is 0. The van der Waals surface area contributed by atoms with Crippen LogP contribution < -0.4 is 10.1 Å². The Kier molecular flexibility index (Phi) is 3.25. The van der Waals surface area contributed by atoms with E-state index in [0.717, 1.165) is 18.0 Å². The highest BCUT2D eigenvalue weighted by Crippen LogP contribution is 2.27. The summed E-state index contributed by atoms with van der Waals surface area (Å²) in [5.41, 5.74) is 1.05. The molecular formula is C12H15NO2. The Morgan fingerprint density at radius 3 is 3.27 bits per heavy atom. The lowest BCUT2D eigenvalue weighted by atomic mass is 10.2. The highest BCUT2D eigenvalue weighted by molar-refractivity contribution is 5.57. The van der Waals surface area contributed by atoms with E-state index >= 15 is 0 Å². The van der Waals surface area contributed by atoms with Crippen LogP contribution in [-0.2, 0) is 4.74 Å². The Balaban J connectivity index is 1.91. The Labute approximate surface area is 89.7 Å². The number of benzene rings is 1. The molecule has 0 radical (unpaired) electrons. The van der Waals surface area contributed by atoms with Crippen molar-refractivity contribution in [1.82, 2.24) is 0 Å². The topological polar surface area (TPSA) is 30.5 Å². The standard InChI is InChI=1S/C12H15NO2/c1-2-7-14-9-10-8-13-11-5-3-4-6-12(11)15-10/h2-6,10,13H,1,7-9H2/t10-/m1/s1. The zero-order valence-corrected chi connectivity index (χ0v) is 8.61. The molecule has 0 bridgehead atoms. The number of ether oxygens (including phenoxy) is 2. The summed E-state index contributed by atoms with van der Waals surface area (Å²) >= 11 is 0. The van der Waals surface area contributed by atoms with Gasteiger partial charge >= 0.3 is 0 Å². The van der Waals surface area contributed by atoms with Crippen molar-refractivity contribution in [3.63, 3.8) is 0 Å². The van der Waals surface area contributed by atoms with Crippen LogP contribution in [0.1, 0.15) is 0 Å². The summed E-state index contributed by atoms with van der Waals surface area (Å²) in [6.07, 6.45) is 1.82. The molecule has 0 amide bonds. The van der Waals surface area contributed by atoms with Crippen molar-refractivity contribution in [1.29, 1.82) is 0 Å². The predicted molar refractivity (Wildman–Crippen MR) is 60.4 cm³/mol. The van der Waals surface area contributed by atoms with Crippen LogP contribution in [0.15, 0.2) is 36.9 Å². The largest absolute Gasteiger partial charge is 0.484 e. The van der Waals surface area contributed by atoms with Gasteiger partial charge in [-0.2, -0.15) is 0 Å². The third-order valence-corrected chi connectivity index (χ3v) is 2.24. The fraction of sp³-hybridized carbons (Fsp3) is 0.333. The van der Waals surface area contributed by atoms with Gasteiger partial charge in [0, 0.05) is 0 Å². The first-order valence-corrected chi connectivity index (χ1v) is 5.08. The van der Waals surface area contributed by atoms with Crippen LogP contribution in [0.25, 0.3) is 0 Å². The van der Waals surface area contributed by atoms with Crippen molar-refractivity contribution in [2.24, 2.45) is 0 Å². The molecule has 0 saturated carbocycles. The number of anilines is 1. The maximum atomic E-state index is 5.76. The summed E-state index contributed by atoms with van der Waals surface area (Å²) in [7, 11) is 0. The summed E-state index contributed by atoms with van der Waals surface area (Å²) in [6.45, 7) is 5.55. The van der Waals surface area contributed by atoms with E-state index in [9.17, 15) is 0 Å². The molecule has 80 valence electrons. The van der Waals surface area contributed by atoms with Gasteiger partial charge in [0.15, 0.2) is 0 Å². The number of nitrogens with one attached hydrogen (secondary N) is 1. The lowest BCUT2D eigenvalue weighted by Crippen LogP contribution is -2.34. The molecule has 1 aromatic rings. The highest BCUT2D eigenvalue weighted by atomic mass is 16.5. The molecule has 1 aromatic carbocycles. The SMILES string of the molecule is C=CCOC[C@H]1CNc2ccccc2O1. The molecule has 0 aromatic heterocycles. The lowest BCUT2D eigenvalue weighted by molar-refractivity contribution is 0.0675. The smallest absolute Gasteiger partial charge is 0.143 e. The van der Waals surface area contributed by atoms with E-state index in [2.05, 4.69) is 11.9 Å². The van der Waals surface area contributed by atoms with Gasteiger partial charge in [-0.1, -0.05) is 18.2 Å². The number of para-hydroxylation sites is 2. The third-order valence-electron chi connectivity index (χ3n) is 2.24. The molecule has 0 spiro atoms. The van der Waals surface area contributed by atoms with Crippen LogP contribution in [0.4, 0.5) is 5.69 Å². The Hall–Kier alpha value is -1.48. The van der Waals surface area contributed by atoms with E-state index < -0.39 is 0 Å². The van der Waals surface area contributed by atoms with Crippen LogP contribution in [0, 0.1) is 0 Å². The zero-order valence-electron chi connectivity index (χ0n) is 8.61. The molecule has 0 aliphatic carbocycles. The number of hydrogen-bond acceptors (Lipinski definition) is 3. The Morgan fingerprint density at radius 1 is 1.53 bits per heavy atom. The quantitative estimate of drug-likeness (QED) is 0.603. The van der Waals surface area contributed by atoms with E-state index in [1.807, 2.05) is 24.3 Å². The molecule has 1 aliphatic rings. The van der Waals surface area contributed by atoms with Crippen molar-refractivity contribution < 1.29 is 9.47 Å². The highest BCUT2D eigenvalue weighted by Gasteiger charge is 2.18. The maximum absolute atomic E-state index is 5.76. The van der Waals surface area contributed by atoms with E-state index in [1.54, 1.807) is 6.08 Å². The van der Waals surface area contributed by atoms with Crippen LogP contribution in [0.2, 0.25) is 0 Å². The summed E-state index contributed by atoms with van der Waals surface area (Å²) in [5.74, 6) is 0.899. The van der Waals surface area contributed by atoms with E-state index in [0.29, 0.717) is 13.2 Å². The third kappa shape index (κ3) is 2.50. The monoisotopic (exact) mass is 205 g/mol. The van der Waals surface area contributed by atoms with Crippen molar-refractivity contribution in [3.05, 3.63) is 36.9 Å². The second-order valence-corrected chi connectivity index (χ2v) is 3.44. The second kappa shape index (κ2) is 4.84. The Bertz CT molecular complexity index is 338. The van der Waals surface area contributed by atoms with Crippen LogP contribution in [-0.4, -0.2) is 25.9 Å². The van der Waals surface area contributed by atoms with Gasteiger partial charge in [0.05, 0.1) is 25.4 Å². The average Bonchev–Trinajstić information content (AvgIpc) is 2.29. The molecule has 1 atom stereocenters. The molecule has 0 saturated heterocycles. The minimum atomic E-state index is 0.0832. The molecule has 1 heterocycles. The van der Waals surface area contributed by atoms with Crippen molar-refractivity contribution in [2.45, 2.75) is 6.10 Å². The molecule has 3 heteroatoms. The van der Waals surface area contributed by atoms with Gasteiger partial charge in [0.1, 0.15) is 11.9 Å². The van der Waals surface area contributed by atoms with Crippen molar-refractivity contribution in [2.75, 3.05) is 25.1 Å². The summed E-state index contributed by atoms with van der Waals surface area (Å²) in [6, 6.07) is 7.93. The Morgan fingerprint density at radius 2 is 2.40 bits per heavy atom. The summed E-state index contributed by atoms with van der Waals surface area (Å²) in [5, 5.41) is 3.31. The number of rotatable bonds is 4. The lowest BCUT2D eigenvalue weighted by Gasteiger charge is -2.26. The molecule has 15 heavy (non-hydrogen) atoms. The van der Waals surface area contributed by atoms with Gasteiger partial charge in [0.25, 0.3) is 0 Å². The van der Waals surface area contributed by atoms with Gasteiger partial charge in [-0.15, -0.1) is 6.58 Å². The van der Waals surface area contributed by atoms with Crippen molar-refractivity contribution in [3.8, 4) is 5.75 Å². The fourth-order valence-corrected chi connectivity index (χ4v) is 1.54. The van der Waals surface area contributed by atoms with Crippen LogP contribution >= 0.6 is 0 Å². The predicted octanol–water partition coefficient (Wildman–Crippen LogP) is 2.06. The van der Waals surface area contributed by atoms with Crippen molar-refractivity contribution >= 4 is 5.69 Å². The van der Waals surface area contributed by atoms with E-state index in [4.69, 9.17) is 9.47 Å². The normalized spacial score (nSPS) is 18.5. The van der Waals surface area contributed by atoms with E-state index in [1.165, 1.54) is 0 Å². The van der Waals surface area contributed by atoms with Gasteiger partial charge < -0.3 is 14.8 Å². The number of hydrogen-bond donors (Lipinski definition) is 1. The van der Waals surface area contributed by atoms with E-state index in [-0.39, 0.29) is 6.10 Å².